The molecule has 0 bridgehead atoms. The highest BCUT2D eigenvalue weighted by Gasteiger charge is 2.27. The van der Waals surface area contributed by atoms with E-state index in [1.165, 1.54) is 6.42 Å². The summed E-state index contributed by atoms with van der Waals surface area (Å²) in [7, 11) is 1.72. The maximum absolute atomic E-state index is 9.07. The Kier molecular flexibility index (Phi) is 3.98. The number of likely N-dealkylation sites (tertiary alicyclic amines) is 1. The first-order chi connectivity index (χ1) is 5.79. The third-order valence-corrected chi connectivity index (χ3v) is 2.61. The summed E-state index contributed by atoms with van der Waals surface area (Å²) < 4.78 is 5.09. The minimum Gasteiger partial charge on any atom is -0.395 e. The van der Waals surface area contributed by atoms with E-state index in [2.05, 4.69) is 11.8 Å². The first-order valence-electron chi connectivity index (χ1n) is 4.65. The molecule has 2 atom stereocenters. The van der Waals surface area contributed by atoms with Crippen molar-refractivity contribution in [1.29, 1.82) is 0 Å². The molecule has 0 amide bonds. The highest BCUT2D eigenvalue weighted by atomic mass is 16.5. The zero-order valence-electron chi connectivity index (χ0n) is 7.99. The number of rotatable bonds is 4. The molecule has 0 aromatic rings. The van der Waals surface area contributed by atoms with E-state index in [-0.39, 0.29) is 6.61 Å². The molecule has 1 N–H and O–H groups in total. The molecule has 0 aromatic carbocycles. The molecular formula is C9H19NO2. The quantitative estimate of drug-likeness (QED) is 0.671. The minimum atomic E-state index is 0.286. The highest BCUT2D eigenvalue weighted by molar-refractivity contribution is 4.82. The van der Waals surface area contributed by atoms with Crippen LogP contribution in [0.15, 0.2) is 0 Å². The Balaban J connectivity index is 2.38. The molecule has 0 saturated carbocycles. The monoisotopic (exact) mass is 173 g/mol. The van der Waals surface area contributed by atoms with Gasteiger partial charge in [0.15, 0.2) is 0 Å². The summed E-state index contributed by atoms with van der Waals surface area (Å²) in [6, 6.07) is 0.810. The van der Waals surface area contributed by atoms with Gasteiger partial charge in [-0.1, -0.05) is 0 Å². The first kappa shape index (κ1) is 9.96. The first-order valence-corrected chi connectivity index (χ1v) is 4.65. The van der Waals surface area contributed by atoms with Crippen LogP contribution < -0.4 is 0 Å². The van der Waals surface area contributed by atoms with Crippen LogP contribution in [0.1, 0.15) is 19.8 Å². The van der Waals surface area contributed by atoms with Crippen molar-refractivity contribution in [2.75, 3.05) is 26.9 Å². The summed E-state index contributed by atoms with van der Waals surface area (Å²) in [5, 5.41) is 9.07. The Morgan fingerprint density at radius 1 is 1.67 bits per heavy atom. The molecule has 0 aromatic heterocycles. The number of methoxy groups -OCH3 is 1. The van der Waals surface area contributed by atoms with Crippen molar-refractivity contribution in [1.82, 2.24) is 4.90 Å². The van der Waals surface area contributed by atoms with E-state index < -0.39 is 0 Å². The Bertz CT molecular complexity index is 130. The summed E-state index contributed by atoms with van der Waals surface area (Å²) in [6.07, 6.45) is 2.34. The van der Waals surface area contributed by atoms with Gasteiger partial charge in [-0.25, -0.2) is 0 Å². The topological polar surface area (TPSA) is 32.7 Å². The molecule has 1 heterocycles. The van der Waals surface area contributed by atoms with Crippen LogP contribution in [0.4, 0.5) is 0 Å². The number of aliphatic hydroxyl groups is 1. The smallest absolute Gasteiger partial charge is 0.0615 e. The molecule has 0 aliphatic carbocycles. The normalized spacial score (nSPS) is 27.8. The summed E-state index contributed by atoms with van der Waals surface area (Å²) in [5.41, 5.74) is 0. The maximum Gasteiger partial charge on any atom is 0.0615 e. The molecule has 0 radical (unpaired) electrons. The summed E-state index contributed by atoms with van der Waals surface area (Å²) in [5.74, 6) is 0. The molecule has 3 nitrogen and oxygen atoms in total. The van der Waals surface area contributed by atoms with Gasteiger partial charge in [0.05, 0.1) is 13.2 Å². The molecule has 1 saturated heterocycles. The third-order valence-electron chi connectivity index (χ3n) is 2.61. The van der Waals surface area contributed by atoms with Crippen LogP contribution in [0.3, 0.4) is 0 Å². The fourth-order valence-corrected chi connectivity index (χ4v) is 1.97. The standard InChI is InChI=1S/C9H19NO2/c1-8(7-12-2)10-5-3-4-9(10)6-11/h8-9,11H,3-7H2,1-2H3/t8?,9-/m0/s1. The summed E-state index contributed by atoms with van der Waals surface area (Å²) >= 11 is 0. The van der Waals surface area contributed by atoms with Gasteiger partial charge in [-0.2, -0.15) is 0 Å². The molecule has 1 aliphatic rings. The highest BCUT2D eigenvalue weighted by Crippen LogP contribution is 2.19. The summed E-state index contributed by atoms with van der Waals surface area (Å²) in [6.45, 7) is 4.30. The molecule has 1 rings (SSSR count). The lowest BCUT2D eigenvalue weighted by Crippen LogP contribution is -2.41. The van der Waals surface area contributed by atoms with E-state index in [0.29, 0.717) is 12.1 Å². The van der Waals surface area contributed by atoms with Crippen LogP contribution >= 0.6 is 0 Å². The lowest BCUT2D eigenvalue weighted by Gasteiger charge is -2.28. The maximum atomic E-state index is 9.07. The molecule has 1 aliphatic heterocycles. The van der Waals surface area contributed by atoms with Gasteiger partial charge in [0.2, 0.25) is 0 Å². The lowest BCUT2D eigenvalue weighted by atomic mass is 10.2. The molecule has 1 fully saturated rings. The second-order valence-corrected chi connectivity index (χ2v) is 3.52. The van der Waals surface area contributed by atoms with E-state index in [1.54, 1.807) is 7.11 Å². The summed E-state index contributed by atoms with van der Waals surface area (Å²) in [4.78, 5) is 2.34. The molecule has 0 spiro atoms. The van der Waals surface area contributed by atoms with Gasteiger partial charge in [0.1, 0.15) is 0 Å². The molecule has 12 heavy (non-hydrogen) atoms. The Labute approximate surface area is 74.3 Å². The van der Waals surface area contributed by atoms with E-state index >= 15 is 0 Å². The molecule has 1 unspecified atom stereocenters. The third kappa shape index (κ3) is 2.19. The predicted octanol–water partition coefficient (Wildman–Crippen LogP) is 0.478. The van der Waals surface area contributed by atoms with Gasteiger partial charge in [0, 0.05) is 19.2 Å². The fourth-order valence-electron chi connectivity index (χ4n) is 1.97. The van der Waals surface area contributed by atoms with Crippen LogP contribution in [-0.4, -0.2) is 49.0 Å². The second-order valence-electron chi connectivity index (χ2n) is 3.52. The average molecular weight is 173 g/mol. The van der Waals surface area contributed by atoms with E-state index in [1.807, 2.05) is 0 Å². The van der Waals surface area contributed by atoms with Gasteiger partial charge in [0.25, 0.3) is 0 Å². The number of hydrogen-bond donors (Lipinski definition) is 1. The van der Waals surface area contributed by atoms with Gasteiger partial charge in [-0.05, 0) is 26.3 Å². The van der Waals surface area contributed by atoms with Crippen molar-refractivity contribution >= 4 is 0 Å². The minimum absolute atomic E-state index is 0.286. The fraction of sp³-hybridized carbons (Fsp3) is 1.00. The van der Waals surface area contributed by atoms with Crippen LogP contribution in [0.25, 0.3) is 0 Å². The van der Waals surface area contributed by atoms with Crippen molar-refractivity contribution in [3.63, 3.8) is 0 Å². The Morgan fingerprint density at radius 2 is 2.42 bits per heavy atom. The van der Waals surface area contributed by atoms with Crippen molar-refractivity contribution in [3.8, 4) is 0 Å². The Morgan fingerprint density at radius 3 is 3.00 bits per heavy atom. The van der Waals surface area contributed by atoms with Crippen LogP contribution in [0, 0.1) is 0 Å². The van der Waals surface area contributed by atoms with Crippen molar-refractivity contribution in [3.05, 3.63) is 0 Å². The van der Waals surface area contributed by atoms with Gasteiger partial charge < -0.3 is 9.84 Å². The second kappa shape index (κ2) is 4.80. The van der Waals surface area contributed by atoms with Crippen LogP contribution in [-0.2, 0) is 4.74 Å². The van der Waals surface area contributed by atoms with Crippen molar-refractivity contribution in [2.24, 2.45) is 0 Å². The van der Waals surface area contributed by atoms with Crippen LogP contribution in [0.2, 0.25) is 0 Å². The number of aliphatic hydroxyl groups excluding tert-OH is 1. The van der Waals surface area contributed by atoms with Crippen LogP contribution in [0.5, 0.6) is 0 Å². The van der Waals surface area contributed by atoms with E-state index in [9.17, 15) is 0 Å². The van der Waals surface area contributed by atoms with Gasteiger partial charge >= 0.3 is 0 Å². The number of ether oxygens (including phenoxy) is 1. The Hall–Kier alpha value is -0.120. The zero-order chi connectivity index (χ0) is 8.97. The van der Waals surface area contributed by atoms with E-state index in [0.717, 1.165) is 19.6 Å². The van der Waals surface area contributed by atoms with Crippen molar-refractivity contribution in [2.45, 2.75) is 31.8 Å². The number of nitrogens with zero attached hydrogens (tertiary/aromatic N) is 1. The SMILES string of the molecule is COCC(C)N1CCC[C@H]1CO. The zero-order valence-corrected chi connectivity index (χ0v) is 7.99. The largest absolute Gasteiger partial charge is 0.395 e. The average Bonchev–Trinajstić information content (AvgIpc) is 2.51. The lowest BCUT2D eigenvalue weighted by molar-refractivity contribution is 0.0697. The molecule has 3 heteroatoms. The van der Waals surface area contributed by atoms with E-state index in [4.69, 9.17) is 9.84 Å². The predicted molar refractivity (Wildman–Crippen MR) is 48.2 cm³/mol. The number of hydrogen-bond acceptors (Lipinski definition) is 3. The molecule has 72 valence electrons. The van der Waals surface area contributed by atoms with Gasteiger partial charge in [-0.15, -0.1) is 0 Å². The molecular weight excluding hydrogens is 154 g/mol. The van der Waals surface area contributed by atoms with Gasteiger partial charge in [-0.3, -0.25) is 4.90 Å². The van der Waals surface area contributed by atoms with Crippen molar-refractivity contribution < 1.29 is 9.84 Å².